The maximum absolute atomic E-state index is 13.2. The van der Waals surface area contributed by atoms with Crippen LogP contribution in [0.4, 0.5) is 5.82 Å². The highest BCUT2D eigenvalue weighted by Gasteiger charge is 2.23. The second kappa shape index (κ2) is 9.87. The van der Waals surface area contributed by atoms with E-state index in [1.165, 1.54) is 9.25 Å². The number of carbonyl (C=O) groups is 1. The van der Waals surface area contributed by atoms with E-state index in [1.807, 2.05) is 61.5 Å². The van der Waals surface area contributed by atoms with Crippen molar-refractivity contribution >= 4 is 23.4 Å². The van der Waals surface area contributed by atoms with Gasteiger partial charge in [-0.2, -0.15) is 4.68 Å². The van der Waals surface area contributed by atoms with Gasteiger partial charge >= 0.3 is 5.69 Å². The van der Waals surface area contributed by atoms with Crippen LogP contribution in [-0.2, 0) is 13.1 Å². The Kier molecular flexibility index (Phi) is 6.73. The van der Waals surface area contributed by atoms with Crippen molar-refractivity contribution in [2.75, 3.05) is 11.5 Å². The molecule has 0 radical (unpaired) electrons. The van der Waals surface area contributed by atoms with Crippen molar-refractivity contribution in [3.63, 3.8) is 0 Å². The molecule has 0 amide bonds. The molecule has 0 atom stereocenters. The third-order valence-electron chi connectivity index (χ3n) is 5.36. The molecule has 0 spiro atoms. The van der Waals surface area contributed by atoms with E-state index >= 15 is 0 Å². The number of para-hydroxylation sites is 1. The molecule has 4 aromatic rings. The minimum absolute atomic E-state index is 0.117. The number of thioether (sulfide) groups is 1. The van der Waals surface area contributed by atoms with E-state index in [1.54, 1.807) is 6.92 Å². The van der Waals surface area contributed by atoms with Crippen LogP contribution in [0.5, 0.6) is 0 Å². The highest BCUT2D eigenvalue weighted by Crippen LogP contribution is 2.22. The summed E-state index contributed by atoms with van der Waals surface area (Å²) in [7, 11) is 0. The number of nitrogens with zero attached hydrogens (tertiary/aromatic N) is 6. The van der Waals surface area contributed by atoms with Crippen molar-refractivity contribution in [2.45, 2.75) is 32.1 Å². The molecule has 2 aromatic heterocycles. The summed E-state index contributed by atoms with van der Waals surface area (Å²) >= 11 is 1.09. The standard InChI is InChI=1S/C23H23N7O3S/c1-3-28-21(32)19(20(24)29(23(28)33)13-16-10-5-4-6-11-16)18(31)14-34-22-25-26-27-30(22)17-12-8-7-9-15(17)2/h4-12H,3,13-14,24H2,1-2H3. The second-order valence-electron chi connectivity index (χ2n) is 7.54. The number of Topliss-reactive ketones (excluding diaryl/α,β-unsaturated/α-hetero) is 1. The van der Waals surface area contributed by atoms with E-state index in [-0.39, 0.29) is 30.2 Å². The van der Waals surface area contributed by atoms with Crippen LogP contribution in [0.25, 0.3) is 5.69 Å². The number of hydrogen-bond acceptors (Lipinski definition) is 8. The highest BCUT2D eigenvalue weighted by molar-refractivity contribution is 7.99. The van der Waals surface area contributed by atoms with E-state index < -0.39 is 17.0 Å². The molecule has 0 fully saturated rings. The molecule has 0 aliphatic carbocycles. The van der Waals surface area contributed by atoms with Crippen molar-refractivity contribution in [2.24, 2.45) is 0 Å². The SMILES string of the molecule is CCn1c(=O)c(C(=O)CSc2nnnn2-c2ccccc2C)c(N)n(Cc2ccccc2)c1=O. The Hall–Kier alpha value is -3.99. The van der Waals surface area contributed by atoms with Crippen molar-refractivity contribution in [1.29, 1.82) is 0 Å². The topological polar surface area (TPSA) is 131 Å². The van der Waals surface area contributed by atoms with Crippen LogP contribution >= 0.6 is 11.8 Å². The van der Waals surface area contributed by atoms with Gasteiger partial charge in [0.05, 0.1) is 18.0 Å². The predicted molar refractivity (Wildman–Crippen MR) is 130 cm³/mol. The number of nitrogen functional groups attached to an aromatic ring is 1. The first-order valence-corrected chi connectivity index (χ1v) is 11.6. The van der Waals surface area contributed by atoms with Gasteiger partial charge in [0.2, 0.25) is 5.16 Å². The average molecular weight is 478 g/mol. The molecule has 0 saturated carbocycles. The molecule has 4 rings (SSSR count). The van der Waals surface area contributed by atoms with Crippen LogP contribution in [0.3, 0.4) is 0 Å². The quantitative estimate of drug-likeness (QED) is 0.301. The fraction of sp³-hybridized carbons (Fsp3) is 0.217. The molecule has 34 heavy (non-hydrogen) atoms. The number of ketones is 1. The van der Waals surface area contributed by atoms with Crippen molar-refractivity contribution in [3.8, 4) is 5.69 Å². The largest absolute Gasteiger partial charge is 0.384 e. The maximum Gasteiger partial charge on any atom is 0.332 e. The van der Waals surface area contributed by atoms with Crippen LogP contribution in [0.2, 0.25) is 0 Å². The summed E-state index contributed by atoms with van der Waals surface area (Å²) in [6.45, 7) is 3.86. The van der Waals surface area contributed by atoms with Gasteiger partial charge in [0, 0.05) is 6.54 Å². The average Bonchev–Trinajstić information content (AvgIpc) is 3.30. The van der Waals surface area contributed by atoms with E-state index in [9.17, 15) is 14.4 Å². The zero-order chi connectivity index (χ0) is 24.2. The van der Waals surface area contributed by atoms with Gasteiger partial charge in [0.15, 0.2) is 5.78 Å². The van der Waals surface area contributed by atoms with Gasteiger partial charge in [-0.3, -0.25) is 18.7 Å². The molecule has 0 unspecified atom stereocenters. The first-order chi connectivity index (χ1) is 16.4. The van der Waals surface area contributed by atoms with Crippen molar-refractivity contribution < 1.29 is 4.79 Å². The fourth-order valence-electron chi connectivity index (χ4n) is 3.60. The molecular formula is C23H23N7O3S. The summed E-state index contributed by atoms with van der Waals surface area (Å²) in [6, 6.07) is 16.8. The molecule has 0 aliphatic heterocycles. The number of hydrogen-bond donors (Lipinski definition) is 1. The molecule has 2 N–H and O–H groups in total. The molecule has 0 saturated heterocycles. The van der Waals surface area contributed by atoms with E-state index in [4.69, 9.17) is 5.73 Å². The number of tetrazole rings is 1. The lowest BCUT2D eigenvalue weighted by Crippen LogP contribution is -2.44. The van der Waals surface area contributed by atoms with Gasteiger partial charge in [-0.25, -0.2) is 4.79 Å². The van der Waals surface area contributed by atoms with Gasteiger partial charge in [0.25, 0.3) is 5.56 Å². The number of aryl methyl sites for hydroxylation is 1. The number of rotatable bonds is 8. The maximum atomic E-state index is 13.2. The molecule has 11 heteroatoms. The van der Waals surface area contributed by atoms with Gasteiger partial charge in [-0.15, -0.1) is 5.10 Å². The van der Waals surface area contributed by atoms with Crippen molar-refractivity contribution in [3.05, 3.63) is 92.1 Å². The predicted octanol–water partition coefficient (Wildman–Crippen LogP) is 1.92. The highest BCUT2D eigenvalue weighted by atomic mass is 32.2. The minimum atomic E-state index is -0.696. The van der Waals surface area contributed by atoms with E-state index in [0.717, 1.165) is 33.1 Å². The van der Waals surface area contributed by atoms with Crippen LogP contribution < -0.4 is 17.0 Å². The Morgan fingerprint density at radius 3 is 2.44 bits per heavy atom. The zero-order valence-electron chi connectivity index (χ0n) is 18.7. The van der Waals surface area contributed by atoms with Crippen LogP contribution in [0, 0.1) is 6.92 Å². The third kappa shape index (κ3) is 4.42. The summed E-state index contributed by atoms with van der Waals surface area (Å²) < 4.78 is 3.82. The molecule has 2 aromatic carbocycles. The van der Waals surface area contributed by atoms with Gasteiger partial charge in [-0.05, 0) is 41.5 Å². The molecular weight excluding hydrogens is 454 g/mol. The Balaban J connectivity index is 1.66. The van der Waals surface area contributed by atoms with Crippen molar-refractivity contribution in [1.82, 2.24) is 29.3 Å². The lowest BCUT2D eigenvalue weighted by atomic mass is 10.2. The Morgan fingerprint density at radius 2 is 1.74 bits per heavy atom. The number of carbonyl (C=O) groups excluding carboxylic acids is 1. The Bertz CT molecular complexity index is 1460. The Labute approximate surface area is 199 Å². The monoisotopic (exact) mass is 477 g/mol. The lowest BCUT2D eigenvalue weighted by molar-refractivity contribution is 0.102. The number of benzene rings is 2. The molecule has 174 valence electrons. The van der Waals surface area contributed by atoms with Crippen LogP contribution in [0.15, 0.2) is 69.3 Å². The molecule has 2 heterocycles. The Morgan fingerprint density at radius 1 is 1.03 bits per heavy atom. The number of aromatic nitrogens is 6. The fourth-order valence-corrected chi connectivity index (χ4v) is 4.35. The summed E-state index contributed by atoms with van der Waals surface area (Å²) in [4.78, 5) is 39.0. The van der Waals surface area contributed by atoms with Crippen LogP contribution in [-0.4, -0.2) is 40.9 Å². The first-order valence-electron chi connectivity index (χ1n) is 10.6. The van der Waals surface area contributed by atoms with Gasteiger partial charge in [0.1, 0.15) is 11.4 Å². The first kappa shape index (κ1) is 23.2. The van der Waals surface area contributed by atoms with Gasteiger partial charge < -0.3 is 5.73 Å². The molecule has 10 nitrogen and oxygen atoms in total. The third-order valence-corrected chi connectivity index (χ3v) is 6.28. The normalized spacial score (nSPS) is 11.0. The number of anilines is 1. The number of nitrogens with two attached hydrogens (primary N) is 1. The molecule has 0 aliphatic rings. The molecule has 0 bridgehead atoms. The minimum Gasteiger partial charge on any atom is -0.384 e. The second-order valence-corrected chi connectivity index (χ2v) is 8.48. The summed E-state index contributed by atoms with van der Waals surface area (Å²) in [5, 5.41) is 12.1. The van der Waals surface area contributed by atoms with E-state index in [0.29, 0.717) is 5.16 Å². The summed E-state index contributed by atoms with van der Waals surface area (Å²) in [5.41, 5.74) is 7.33. The van der Waals surface area contributed by atoms with Crippen LogP contribution in [0.1, 0.15) is 28.4 Å². The van der Waals surface area contributed by atoms with Gasteiger partial charge in [-0.1, -0.05) is 60.3 Å². The summed E-state index contributed by atoms with van der Waals surface area (Å²) in [6.07, 6.45) is 0. The summed E-state index contributed by atoms with van der Waals surface area (Å²) in [5.74, 6) is -0.776. The van der Waals surface area contributed by atoms with E-state index in [2.05, 4.69) is 15.5 Å². The lowest BCUT2D eigenvalue weighted by Gasteiger charge is -2.15. The zero-order valence-corrected chi connectivity index (χ0v) is 19.5. The smallest absolute Gasteiger partial charge is 0.332 e.